The molecule has 5 nitrogen and oxygen atoms in total. The molecule has 0 amide bonds. The van der Waals surface area contributed by atoms with Gasteiger partial charge in [0.15, 0.2) is 6.29 Å². The quantitative estimate of drug-likeness (QED) is 0.424. The van der Waals surface area contributed by atoms with E-state index in [0.29, 0.717) is 0 Å². The van der Waals surface area contributed by atoms with Crippen molar-refractivity contribution in [3.05, 3.63) is 22.5 Å². The average molecular weight is 131 g/mol. The number of hydrogen-bond donors (Lipinski definition) is 3. The summed E-state index contributed by atoms with van der Waals surface area (Å²) in [6, 6.07) is 0. The van der Waals surface area contributed by atoms with Crippen LogP contribution in [0.15, 0.2) is 15.5 Å². The lowest BCUT2D eigenvalue weighted by atomic mass is 10.5. The van der Waals surface area contributed by atoms with Gasteiger partial charge in [-0.2, -0.15) is 0 Å². The number of rotatable bonds is 1. The summed E-state index contributed by atoms with van der Waals surface area (Å²) in [6.45, 7) is 0. The zero-order valence-corrected chi connectivity index (χ0v) is 4.37. The minimum atomic E-state index is -1.67. The van der Waals surface area contributed by atoms with Crippen molar-refractivity contribution in [3.8, 4) is 0 Å². The standard InChI is InChI=1S/C4H5NO4/c6-3(7)2-1-9-4(8)5-2/h1,3,6-7H,(H,5,8). The Morgan fingerprint density at radius 1 is 1.67 bits per heavy atom. The molecular formula is C4H5NO4. The molecule has 9 heavy (non-hydrogen) atoms. The molecule has 0 aliphatic heterocycles. The maximum atomic E-state index is 10.2. The molecule has 1 aromatic heterocycles. The summed E-state index contributed by atoms with van der Waals surface area (Å²) >= 11 is 0. The first-order valence-corrected chi connectivity index (χ1v) is 2.24. The smallest absolute Gasteiger partial charge is 0.416 e. The van der Waals surface area contributed by atoms with Crippen molar-refractivity contribution < 1.29 is 14.6 Å². The zero-order chi connectivity index (χ0) is 6.85. The van der Waals surface area contributed by atoms with Gasteiger partial charge in [-0.25, -0.2) is 4.79 Å². The Morgan fingerprint density at radius 2 is 2.33 bits per heavy atom. The van der Waals surface area contributed by atoms with E-state index in [4.69, 9.17) is 10.2 Å². The van der Waals surface area contributed by atoms with Crippen molar-refractivity contribution in [1.29, 1.82) is 0 Å². The third-order valence-corrected chi connectivity index (χ3v) is 0.818. The number of aromatic nitrogens is 1. The Labute approximate surface area is 49.6 Å². The maximum Gasteiger partial charge on any atom is 0.416 e. The van der Waals surface area contributed by atoms with Crippen LogP contribution in [0.3, 0.4) is 0 Å². The fraction of sp³-hybridized carbons (Fsp3) is 0.250. The third-order valence-electron chi connectivity index (χ3n) is 0.818. The summed E-state index contributed by atoms with van der Waals surface area (Å²) in [4.78, 5) is 12.2. The van der Waals surface area contributed by atoms with Crippen LogP contribution in [0.4, 0.5) is 0 Å². The van der Waals surface area contributed by atoms with Crippen LogP contribution >= 0.6 is 0 Å². The number of aliphatic hydroxyl groups excluding tert-OH is 1. The normalized spacial score (nSPS) is 10.6. The van der Waals surface area contributed by atoms with Crippen LogP contribution in [0.2, 0.25) is 0 Å². The molecule has 3 N–H and O–H groups in total. The lowest BCUT2D eigenvalue weighted by molar-refractivity contribution is -0.0459. The molecule has 0 saturated heterocycles. The van der Waals surface area contributed by atoms with Crippen LogP contribution in [0.5, 0.6) is 0 Å². The van der Waals surface area contributed by atoms with Crippen molar-refractivity contribution in [2.24, 2.45) is 0 Å². The van der Waals surface area contributed by atoms with Crippen molar-refractivity contribution in [3.63, 3.8) is 0 Å². The molecule has 0 saturated carbocycles. The molecule has 0 aliphatic rings. The van der Waals surface area contributed by atoms with Gasteiger partial charge in [0.25, 0.3) is 0 Å². The van der Waals surface area contributed by atoms with Gasteiger partial charge in [0.2, 0.25) is 0 Å². The predicted octanol–water partition coefficient (Wildman–Crippen LogP) is -1.05. The molecule has 0 unspecified atom stereocenters. The van der Waals surface area contributed by atoms with Gasteiger partial charge in [-0.1, -0.05) is 0 Å². The Morgan fingerprint density at radius 3 is 2.56 bits per heavy atom. The molecule has 50 valence electrons. The van der Waals surface area contributed by atoms with Crippen molar-refractivity contribution in [2.45, 2.75) is 6.29 Å². The van der Waals surface area contributed by atoms with Crippen LogP contribution in [0.25, 0.3) is 0 Å². The highest BCUT2D eigenvalue weighted by atomic mass is 16.5. The molecule has 1 heterocycles. The fourth-order valence-electron chi connectivity index (χ4n) is 0.419. The largest absolute Gasteiger partial charge is 0.416 e. The van der Waals surface area contributed by atoms with Crippen LogP contribution in [-0.4, -0.2) is 15.2 Å². The maximum absolute atomic E-state index is 10.2. The average Bonchev–Trinajstić information content (AvgIpc) is 2.14. The highest BCUT2D eigenvalue weighted by Gasteiger charge is 2.04. The van der Waals surface area contributed by atoms with Crippen molar-refractivity contribution in [1.82, 2.24) is 4.98 Å². The van der Waals surface area contributed by atoms with E-state index in [2.05, 4.69) is 9.40 Å². The van der Waals surface area contributed by atoms with E-state index in [1.54, 1.807) is 0 Å². The monoisotopic (exact) mass is 131 g/mol. The number of oxazole rings is 1. The minimum absolute atomic E-state index is 0.0417. The van der Waals surface area contributed by atoms with Crippen molar-refractivity contribution in [2.75, 3.05) is 0 Å². The van der Waals surface area contributed by atoms with E-state index >= 15 is 0 Å². The van der Waals surface area contributed by atoms with Crippen molar-refractivity contribution >= 4 is 0 Å². The molecule has 0 aliphatic carbocycles. The molecule has 5 heteroatoms. The van der Waals surface area contributed by atoms with E-state index in [-0.39, 0.29) is 5.69 Å². The van der Waals surface area contributed by atoms with Gasteiger partial charge in [0.1, 0.15) is 12.0 Å². The highest BCUT2D eigenvalue weighted by molar-refractivity contribution is 4.91. The van der Waals surface area contributed by atoms with E-state index in [0.717, 1.165) is 6.26 Å². The zero-order valence-electron chi connectivity index (χ0n) is 4.37. The SMILES string of the molecule is O=c1[nH]c(C(O)O)co1. The minimum Gasteiger partial charge on any atom is -0.416 e. The molecule has 0 aromatic carbocycles. The summed E-state index contributed by atoms with van der Waals surface area (Å²) in [5.41, 5.74) is -0.0417. The fourth-order valence-corrected chi connectivity index (χ4v) is 0.419. The lowest BCUT2D eigenvalue weighted by Gasteiger charge is -1.93. The van der Waals surface area contributed by atoms with Gasteiger partial charge < -0.3 is 14.6 Å². The second-order valence-electron chi connectivity index (χ2n) is 1.48. The number of H-pyrrole nitrogens is 1. The molecule has 1 rings (SSSR count). The number of nitrogens with one attached hydrogen (secondary N) is 1. The molecule has 0 atom stereocenters. The van der Waals surface area contributed by atoms with Crippen LogP contribution in [0, 0.1) is 0 Å². The van der Waals surface area contributed by atoms with Gasteiger partial charge >= 0.3 is 5.76 Å². The number of aromatic amines is 1. The van der Waals surface area contributed by atoms with Gasteiger partial charge in [-0.05, 0) is 0 Å². The molecule has 1 aromatic rings. The summed E-state index contributed by atoms with van der Waals surface area (Å²) < 4.78 is 4.19. The number of hydrogen-bond acceptors (Lipinski definition) is 4. The molecule has 0 spiro atoms. The van der Waals surface area contributed by atoms with E-state index in [9.17, 15) is 4.79 Å². The first kappa shape index (κ1) is 6.06. The van der Waals surface area contributed by atoms with E-state index < -0.39 is 12.0 Å². The van der Waals surface area contributed by atoms with Gasteiger partial charge in [0, 0.05) is 0 Å². The Hall–Kier alpha value is -1.07. The van der Waals surface area contributed by atoms with Gasteiger partial charge in [-0.15, -0.1) is 0 Å². The first-order valence-electron chi connectivity index (χ1n) is 2.24. The Kier molecular flexibility index (Phi) is 1.37. The van der Waals surface area contributed by atoms with E-state index in [1.807, 2.05) is 0 Å². The van der Waals surface area contributed by atoms with Gasteiger partial charge in [0.05, 0.1) is 0 Å². The number of aliphatic hydroxyl groups is 2. The predicted molar refractivity (Wildman–Crippen MR) is 26.5 cm³/mol. The molecule has 0 radical (unpaired) electrons. The second kappa shape index (κ2) is 2.04. The molecule has 0 fully saturated rings. The summed E-state index contributed by atoms with van der Waals surface area (Å²) in [5.74, 6) is -0.696. The highest BCUT2D eigenvalue weighted by Crippen LogP contribution is 2.00. The lowest BCUT2D eigenvalue weighted by Crippen LogP contribution is -2.00. The van der Waals surface area contributed by atoms with Crippen LogP contribution in [0.1, 0.15) is 12.0 Å². The van der Waals surface area contributed by atoms with Crippen LogP contribution in [-0.2, 0) is 0 Å². The summed E-state index contributed by atoms with van der Waals surface area (Å²) in [6.07, 6.45) is -0.719. The molecular weight excluding hydrogens is 126 g/mol. The topological polar surface area (TPSA) is 86.5 Å². The van der Waals surface area contributed by atoms with Gasteiger partial charge in [-0.3, -0.25) is 4.98 Å². The van der Waals surface area contributed by atoms with E-state index in [1.165, 1.54) is 0 Å². The molecule has 0 bridgehead atoms. The Balaban J connectivity index is 2.98. The third kappa shape index (κ3) is 1.18. The Bertz CT molecular complexity index is 235. The van der Waals surface area contributed by atoms with Crippen LogP contribution < -0.4 is 5.76 Å². The summed E-state index contributed by atoms with van der Waals surface area (Å²) in [7, 11) is 0. The second-order valence-corrected chi connectivity index (χ2v) is 1.48. The first-order chi connectivity index (χ1) is 4.20. The summed E-state index contributed by atoms with van der Waals surface area (Å²) in [5, 5.41) is 16.7.